The van der Waals surface area contributed by atoms with Crippen molar-refractivity contribution in [3.05, 3.63) is 23.8 Å². The lowest BCUT2D eigenvalue weighted by atomic mass is 10.2. The molecule has 0 spiro atoms. The molecule has 19 heavy (non-hydrogen) atoms. The van der Waals surface area contributed by atoms with Crippen LogP contribution in [0.4, 0.5) is 0 Å². The van der Waals surface area contributed by atoms with E-state index in [0.717, 1.165) is 6.07 Å². The Bertz CT molecular complexity index is 439. The van der Waals surface area contributed by atoms with Crippen LogP contribution in [0.1, 0.15) is 16.8 Å². The van der Waals surface area contributed by atoms with Crippen LogP contribution in [-0.2, 0) is 9.53 Å². The zero-order valence-electron chi connectivity index (χ0n) is 10.1. The number of ether oxygens (including phenoxy) is 1. The summed E-state index contributed by atoms with van der Waals surface area (Å²) in [6.45, 7) is 0.469. The van der Waals surface area contributed by atoms with Crippen molar-refractivity contribution in [1.82, 2.24) is 5.32 Å². The van der Waals surface area contributed by atoms with E-state index in [0.29, 0.717) is 0 Å². The Morgan fingerprint density at radius 1 is 1.11 bits per heavy atom. The van der Waals surface area contributed by atoms with Gasteiger partial charge in [0.2, 0.25) is 0 Å². The van der Waals surface area contributed by atoms with E-state index in [4.69, 9.17) is 9.84 Å². The zero-order chi connectivity index (χ0) is 14.3. The number of rotatable bonds is 7. The topological polar surface area (TPSA) is 116 Å². The summed E-state index contributed by atoms with van der Waals surface area (Å²) in [5.74, 6) is -1.82. The van der Waals surface area contributed by atoms with Crippen LogP contribution in [0.5, 0.6) is 11.5 Å². The Labute approximate surface area is 109 Å². The number of hydrogen-bond acceptors (Lipinski definition) is 5. The minimum atomic E-state index is -0.945. The summed E-state index contributed by atoms with van der Waals surface area (Å²) >= 11 is 0. The summed E-state index contributed by atoms with van der Waals surface area (Å²) < 4.78 is 4.98. The average molecular weight is 269 g/mol. The molecule has 7 nitrogen and oxygen atoms in total. The summed E-state index contributed by atoms with van der Waals surface area (Å²) in [7, 11) is 0. The van der Waals surface area contributed by atoms with E-state index in [-0.39, 0.29) is 43.2 Å². The lowest BCUT2D eigenvalue weighted by molar-refractivity contribution is -0.138. The number of aliphatic carboxylic acids is 1. The van der Waals surface area contributed by atoms with Gasteiger partial charge in [-0.2, -0.15) is 0 Å². The Kier molecular flexibility index (Phi) is 5.62. The Morgan fingerprint density at radius 2 is 1.74 bits per heavy atom. The van der Waals surface area contributed by atoms with Crippen molar-refractivity contribution >= 4 is 11.9 Å². The molecular weight excluding hydrogens is 254 g/mol. The number of hydrogen-bond donors (Lipinski definition) is 4. The van der Waals surface area contributed by atoms with E-state index in [2.05, 4.69) is 5.32 Å². The van der Waals surface area contributed by atoms with Gasteiger partial charge in [0.15, 0.2) is 0 Å². The normalized spacial score (nSPS) is 10.1. The first-order valence-electron chi connectivity index (χ1n) is 5.60. The fraction of sp³-hybridized carbons (Fsp3) is 0.333. The minimum absolute atomic E-state index is 0.0815. The molecule has 0 saturated carbocycles. The van der Waals surface area contributed by atoms with E-state index >= 15 is 0 Å². The molecule has 0 atom stereocenters. The first-order chi connectivity index (χ1) is 8.99. The predicted octanol–water partition coefficient (Wildman–Crippen LogP) is 0.319. The molecule has 104 valence electrons. The largest absolute Gasteiger partial charge is 0.508 e. The number of nitrogens with one attached hydrogen (secondary N) is 1. The number of phenols is 2. The number of carboxylic acid groups (broad SMARTS) is 1. The zero-order valence-corrected chi connectivity index (χ0v) is 10.1. The second-order valence-corrected chi connectivity index (χ2v) is 3.75. The Balaban J connectivity index is 2.29. The summed E-state index contributed by atoms with van der Waals surface area (Å²) in [5.41, 5.74) is 0.128. The highest BCUT2D eigenvalue weighted by Gasteiger charge is 2.07. The lowest BCUT2D eigenvalue weighted by Gasteiger charge is -2.06. The molecule has 0 radical (unpaired) electrons. The molecule has 1 aromatic rings. The molecule has 0 aliphatic carbocycles. The van der Waals surface area contributed by atoms with Gasteiger partial charge in [0.1, 0.15) is 11.5 Å². The van der Waals surface area contributed by atoms with Crippen LogP contribution in [0.25, 0.3) is 0 Å². The maximum Gasteiger partial charge on any atom is 0.305 e. The van der Waals surface area contributed by atoms with Gasteiger partial charge in [0.25, 0.3) is 5.91 Å². The van der Waals surface area contributed by atoms with Crippen LogP contribution < -0.4 is 5.32 Å². The number of carboxylic acids is 1. The van der Waals surface area contributed by atoms with Crippen molar-refractivity contribution in [3.8, 4) is 11.5 Å². The van der Waals surface area contributed by atoms with Crippen molar-refractivity contribution in [3.63, 3.8) is 0 Å². The van der Waals surface area contributed by atoms with Crippen LogP contribution in [-0.4, -0.2) is 47.0 Å². The molecule has 0 heterocycles. The van der Waals surface area contributed by atoms with Crippen LogP contribution >= 0.6 is 0 Å². The van der Waals surface area contributed by atoms with Gasteiger partial charge >= 0.3 is 5.97 Å². The molecule has 4 N–H and O–H groups in total. The first-order valence-corrected chi connectivity index (χ1v) is 5.60. The summed E-state index contributed by atoms with van der Waals surface area (Å²) in [4.78, 5) is 21.8. The van der Waals surface area contributed by atoms with Gasteiger partial charge in [-0.25, -0.2) is 0 Å². The van der Waals surface area contributed by atoms with Gasteiger partial charge in [-0.3, -0.25) is 9.59 Å². The number of carbonyl (C=O) groups excluding carboxylic acids is 1. The molecule has 0 fully saturated rings. The molecule has 0 unspecified atom stereocenters. The van der Waals surface area contributed by atoms with Crippen molar-refractivity contribution in [2.75, 3.05) is 19.8 Å². The van der Waals surface area contributed by atoms with Gasteiger partial charge in [0, 0.05) is 18.2 Å². The maximum atomic E-state index is 11.6. The van der Waals surface area contributed by atoms with Crippen molar-refractivity contribution in [1.29, 1.82) is 0 Å². The van der Waals surface area contributed by atoms with Crippen molar-refractivity contribution in [2.24, 2.45) is 0 Å². The Morgan fingerprint density at radius 3 is 2.32 bits per heavy atom. The summed E-state index contributed by atoms with van der Waals surface area (Å²) in [6.07, 6.45) is -0.0889. The summed E-state index contributed by atoms with van der Waals surface area (Å²) in [6, 6.07) is 3.56. The highest BCUT2D eigenvalue weighted by atomic mass is 16.5. The molecule has 1 rings (SSSR count). The number of aromatic hydroxyl groups is 2. The quantitative estimate of drug-likeness (QED) is 0.530. The lowest BCUT2D eigenvalue weighted by Crippen LogP contribution is -2.27. The monoisotopic (exact) mass is 269 g/mol. The number of amides is 1. The van der Waals surface area contributed by atoms with Crippen LogP contribution in [0.15, 0.2) is 18.2 Å². The standard InChI is InChI=1S/C12H15NO6/c14-9-5-8(6-10(15)7-9)12(18)13-2-4-19-3-1-11(16)17/h5-7,14-15H,1-4H2,(H,13,18)(H,16,17). The fourth-order valence-corrected chi connectivity index (χ4v) is 1.33. The van der Waals surface area contributed by atoms with Gasteiger partial charge < -0.3 is 25.4 Å². The molecule has 0 saturated heterocycles. The predicted molar refractivity (Wildman–Crippen MR) is 65.2 cm³/mol. The second-order valence-electron chi connectivity index (χ2n) is 3.75. The van der Waals surface area contributed by atoms with Crippen LogP contribution in [0, 0.1) is 0 Å². The molecule has 1 amide bonds. The number of benzene rings is 1. The second kappa shape index (κ2) is 7.22. The fourth-order valence-electron chi connectivity index (χ4n) is 1.33. The molecule has 1 aromatic carbocycles. The third-order valence-corrected chi connectivity index (χ3v) is 2.16. The molecule has 7 heteroatoms. The number of phenolic OH excluding ortho intramolecular Hbond substituents is 2. The molecule has 0 bridgehead atoms. The smallest absolute Gasteiger partial charge is 0.305 e. The molecule has 0 aromatic heterocycles. The van der Waals surface area contributed by atoms with E-state index in [1.165, 1.54) is 12.1 Å². The third-order valence-electron chi connectivity index (χ3n) is 2.16. The molecule has 0 aliphatic heterocycles. The third kappa shape index (κ3) is 5.73. The van der Waals surface area contributed by atoms with Gasteiger partial charge in [0.05, 0.1) is 19.6 Å². The van der Waals surface area contributed by atoms with Crippen molar-refractivity contribution in [2.45, 2.75) is 6.42 Å². The highest BCUT2D eigenvalue weighted by molar-refractivity contribution is 5.95. The average Bonchev–Trinajstić information content (AvgIpc) is 2.31. The Hall–Kier alpha value is -2.28. The maximum absolute atomic E-state index is 11.6. The van der Waals surface area contributed by atoms with E-state index in [1.807, 2.05) is 0 Å². The minimum Gasteiger partial charge on any atom is -0.508 e. The summed E-state index contributed by atoms with van der Waals surface area (Å²) in [5, 5.41) is 29.3. The van der Waals surface area contributed by atoms with E-state index in [9.17, 15) is 19.8 Å². The highest BCUT2D eigenvalue weighted by Crippen LogP contribution is 2.20. The number of carbonyl (C=O) groups is 2. The van der Waals surface area contributed by atoms with E-state index in [1.54, 1.807) is 0 Å². The van der Waals surface area contributed by atoms with Crippen molar-refractivity contribution < 1.29 is 29.6 Å². The van der Waals surface area contributed by atoms with Crippen LogP contribution in [0.2, 0.25) is 0 Å². The first kappa shape index (κ1) is 14.8. The van der Waals surface area contributed by atoms with E-state index < -0.39 is 11.9 Å². The molecular formula is C12H15NO6. The van der Waals surface area contributed by atoms with Gasteiger partial charge in [-0.1, -0.05) is 0 Å². The molecule has 0 aliphatic rings. The SMILES string of the molecule is O=C(O)CCOCCNC(=O)c1cc(O)cc(O)c1. The van der Waals surface area contributed by atoms with Gasteiger partial charge in [-0.15, -0.1) is 0 Å². The van der Waals surface area contributed by atoms with Crippen LogP contribution in [0.3, 0.4) is 0 Å². The van der Waals surface area contributed by atoms with Gasteiger partial charge in [-0.05, 0) is 12.1 Å².